The summed E-state index contributed by atoms with van der Waals surface area (Å²) in [6, 6.07) is 6.77. The van der Waals surface area contributed by atoms with Gasteiger partial charge in [0.15, 0.2) is 0 Å². The average Bonchev–Trinajstić information content (AvgIpc) is 2.28. The van der Waals surface area contributed by atoms with Crippen molar-refractivity contribution >= 4 is 17.7 Å². The third-order valence-corrected chi connectivity index (χ3v) is 3.84. The molecule has 3 N–H and O–H groups in total. The zero-order valence-electron chi connectivity index (χ0n) is 11.3. The van der Waals surface area contributed by atoms with Gasteiger partial charge >= 0.3 is 0 Å². The summed E-state index contributed by atoms with van der Waals surface area (Å²) in [5.74, 6) is 0.990. The van der Waals surface area contributed by atoms with Crippen LogP contribution in [-0.4, -0.2) is 24.0 Å². The highest BCUT2D eigenvalue weighted by molar-refractivity contribution is 7.99. The van der Waals surface area contributed by atoms with Crippen LogP contribution in [0.4, 0.5) is 0 Å². The van der Waals surface area contributed by atoms with Gasteiger partial charge in [0, 0.05) is 11.8 Å². The molecule has 0 saturated carbocycles. The highest BCUT2D eigenvalue weighted by atomic mass is 32.2. The Labute approximate surface area is 114 Å². The molecule has 1 aromatic carbocycles. The highest BCUT2D eigenvalue weighted by Crippen LogP contribution is 2.22. The van der Waals surface area contributed by atoms with Crippen LogP contribution in [0, 0.1) is 13.8 Å². The van der Waals surface area contributed by atoms with E-state index in [1.165, 1.54) is 16.7 Å². The van der Waals surface area contributed by atoms with Gasteiger partial charge in [-0.3, -0.25) is 4.79 Å². The summed E-state index contributed by atoms with van der Waals surface area (Å²) in [5, 5.41) is 3.46. The van der Waals surface area contributed by atoms with Crippen molar-refractivity contribution < 1.29 is 4.79 Å². The molecule has 0 aliphatic carbocycles. The Balaban J connectivity index is 2.73. The number of hydrogen-bond donors (Lipinski definition) is 2. The Hall–Kier alpha value is -1.00. The minimum atomic E-state index is -0.254. The normalized spacial score (nSPS) is 12.4. The fourth-order valence-electron chi connectivity index (χ4n) is 2.00. The summed E-state index contributed by atoms with van der Waals surface area (Å²) in [7, 11) is 0. The van der Waals surface area contributed by atoms with Crippen LogP contribution < -0.4 is 11.1 Å². The van der Waals surface area contributed by atoms with Crippen LogP contribution in [-0.2, 0) is 4.79 Å². The van der Waals surface area contributed by atoms with E-state index in [9.17, 15) is 4.79 Å². The summed E-state index contributed by atoms with van der Waals surface area (Å²) in [6.45, 7) is 7.23. The molecule has 0 spiro atoms. The van der Waals surface area contributed by atoms with E-state index >= 15 is 0 Å². The summed E-state index contributed by atoms with van der Waals surface area (Å²) >= 11 is 1.58. The molecule has 0 bridgehead atoms. The van der Waals surface area contributed by atoms with E-state index in [0.29, 0.717) is 5.75 Å². The number of benzene rings is 1. The van der Waals surface area contributed by atoms with Crippen LogP contribution >= 0.6 is 11.8 Å². The topological polar surface area (TPSA) is 55.1 Å². The van der Waals surface area contributed by atoms with Crippen molar-refractivity contribution in [3.8, 4) is 0 Å². The van der Waals surface area contributed by atoms with Crippen LogP contribution in [0.1, 0.15) is 29.7 Å². The lowest BCUT2D eigenvalue weighted by Gasteiger charge is -2.20. The fraction of sp³-hybridized carbons (Fsp3) is 0.500. The first kappa shape index (κ1) is 15.1. The van der Waals surface area contributed by atoms with E-state index in [2.05, 4.69) is 44.3 Å². The summed E-state index contributed by atoms with van der Waals surface area (Å²) in [5.41, 5.74) is 9.03. The van der Waals surface area contributed by atoms with Gasteiger partial charge in [0.25, 0.3) is 0 Å². The van der Waals surface area contributed by atoms with Crippen molar-refractivity contribution in [1.82, 2.24) is 5.32 Å². The molecule has 0 fully saturated rings. The van der Waals surface area contributed by atoms with Crippen molar-refractivity contribution in [1.29, 1.82) is 0 Å². The standard InChI is InChI=1S/C14H22N2OS/c1-4-16-13(8-18-9-14(15)17)12-6-5-10(2)7-11(12)3/h5-7,13,16H,4,8-9H2,1-3H3,(H2,15,17). The van der Waals surface area contributed by atoms with Crippen LogP contribution in [0.2, 0.25) is 0 Å². The molecule has 1 aromatic rings. The monoisotopic (exact) mass is 266 g/mol. The lowest BCUT2D eigenvalue weighted by molar-refractivity contribution is -0.115. The van der Waals surface area contributed by atoms with Crippen LogP contribution in [0.25, 0.3) is 0 Å². The molecule has 1 rings (SSSR count). The number of nitrogens with two attached hydrogens (primary N) is 1. The lowest BCUT2D eigenvalue weighted by atomic mass is 10.0. The Kier molecular flexibility index (Phi) is 6.22. The molecule has 0 aliphatic heterocycles. The number of carbonyl (C=O) groups excluding carboxylic acids is 1. The Morgan fingerprint density at radius 2 is 2.17 bits per heavy atom. The number of carbonyl (C=O) groups is 1. The zero-order valence-corrected chi connectivity index (χ0v) is 12.1. The van der Waals surface area contributed by atoms with Gasteiger partial charge in [-0.2, -0.15) is 11.8 Å². The maximum atomic E-state index is 10.8. The van der Waals surface area contributed by atoms with Crippen molar-refractivity contribution in [2.75, 3.05) is 18.1 Å². The van der Waals surface area contributed by atoms with E-state index in [4.69, 9.17) is 5.73 Å². The summed E-state index contributed by atoms with van der Waals surface area (Å²) < 4.78 is 0. The van der Waals surface area contributed by atoms with Crippen molar-refractivity contribution in [3.05, 3.63) is 34.9 Å². The number of hydrogen-bond acceptors (Lipinski definition) is 3. The van der Waals surface area contributed by atoms with E-state index in [1.807, 2.05) is 0 Å². The maximum Gasteiger partial charge on any atom is 0.227 e. The molecule has 4 heteroatoms. The van der Waals surface area contributed by atoms with Crippen molar-refractivity contribution in [3.63, 3.8) is 0 Å². The molecule has 0 aromatic heterocycles. The summed E-state index contributed by atoms with van der Waals surface area (Å²) in [4.78, 5) is 10.8. The van der Waals surface area contributed by atoms with Crippen LogP contribution in [0.15, 0.2) is 18.2 Å². The van der Waals surface area contributed by atoms with Crippen molar-refractivity contribution in [2.24, 2.45) is 5.73 Å². The second-order valence-corrected chi connectivity index (χ2v) is 5.48. The Morgan fingerprint density at radius 1 is 1.44 bits per heavy atom. The molecule has 0 heterocycles. The number of rotatable bonds is 7. The minimum absolute atomic E-state index is 0.254. The van der Waals surface area contributed by atoms with E-state index in [0.717, 1.165) is 12.3 Å². The van der Waals surface area contributed by atoms with Gasteiger partial charge in [0.1, 0.15) is 0 Å². The van der Waals surface area contributed by atoms with Gasteiger partial charge in [-0.15, -0.1) is 0 Å². The average molecular weight is 266 g/mol. The van der Waals surface area contributed by atoms with Gasteiger partial charge in [-0.05, 0) is 31.5 Å². The van der Waals surface area contributed by atoms with Gasteiger partial charge < -0.3 is 11.1 Å². The van der Waals surface area contributed by atoms with Crippen LogP contribution in [0.5, 0.6) is 0 Å². The zero-order chi connectivity index (χ0) is 13.5. The molecule has 0 saturated heterocycles. The molecule has 1 amide bonds. The molecule has 100 valence electrons. The predicted molar refractivity (Wildman–Crippen MR) is 78.9 cm³/mol. The first-order valence-electron chi connectivity index (χ1n) is 6.21. The number of amides is 1. The Bertz CT molecular complexity index is 407. The third kappa shape index (κ3) is 4.70. The molecule has 1 atom stereocenters. The second kappa shape index (κ2) is 7.44. The molecular formula is C14H22N2OS. The minimum Gasteiger partial charge on any atom is -0.369 e. The number of aryl methyl sites for hydroxylation is 2. The van der Waals surface area contributed by atoms with E-state index in [-0.39, 0.29) is 11.9 Å². The summed E-state index contributed by atoms with van der Waals surface area (Å²) in [6.07, 6.45) is 0. The smallest absolute Gasteiger partial charge is 0.227 e. The number of thioether (sulfide) groups is 1. The highest BCUT2D eigenvalue weighted by Gasteiger charge is 2.13. The molecule has 1 unspecified atom stereocenters. The number of nitrogens with one attached hydrogen (secondary N) is 1. The van der Waals surface area contributed by atoms with Gasteiger partial charge in [-0.25, -0.2) is 0 Å². The fourth-order valence-corrected chi connectivity index (χ4v) is 2.85. The molecule has 0 aliphatic rings. The van der Waals surface area contributed by atoms with E-state index < -0.39 is 0 Å². The maximum absolute atomic E-state index is 10.8. The molecule has 18 heavy (non-hydrogen) atoms. The van der Waals surface area contributed by atoms with Gasteiger partial charge in [-0.1, -0.05) is 30.7 Å². The third-order valence-electron chi connectivity index (χ3n) is 2.78. The number of primary amides is 1. The first-order valence-corrected chi connectivity index (χ1v) is 7.36. The first-order chi connectivity index (χ1) is 8.54. The molecular weight excluding hydrogens is 244 g/mol. The predicted octanol–water partition coefficient (Wildman–Crippen LogP) is 2.17. The SMILES string of the molecule is CCNC(CSCC(N)=O)c1ccc(C)cc1C. The largest absolute Gasteiger partial charge is 0.369 e. The molecule has 0 radical (unpaired) electrons. The van der Waals surface area contributed by atoms with E-state index in [1.54, 1.807) is 11.8 Å². The second-order valence-electron chi connectivity index (χ2n) is 4.45. The van der Waals surface area contributed by atoms with Crippen molar-refractivity contribution in [2.45, 2.75) is 26.8 Å². The lowest BCUT2D eigenvalue weighted by Crippen LogP contribution is -2.25. The van der Waals surface area contributed by atoms with Gasteiger partial charge in [0.2, 0.25) is 5.91 Å². The molecule has 3 nitrogen and oxygen atoms in total. The quantitative estimate of drug-likeness (QED) is 0.795. The Morgan fingerprint density at radius 3 is 2.72 bits per heavy atom. The van der Waals surface area contributed by atoms with Crippen LogP contribution in [0.3, 0.4) is 0 Å². The van der Waals surface area contributed by atoms with Gasteiger partial charge in [0.05, 0.1) is 5.75 Å².